The molecule has 0 spiro atoms. The highest BCUT2D eigenvalue weighted by Crippen LogP contribution is 2.26. The first-order valence-electron chi connectivity index (χ1n) is 8.70. The molecule has 0 bridgehead atoms. The number of aryl methyl sites for hydroxylation is 1. The Morgan fingerprint density at radius 2 is 2.12 bits per heavy atom. The van der Waals surface area contributed by atoms with E-state index in [9.17, 15) is 4.39 Å². The molecule has 6 nitrogen and oxygen atoms in total. The fraction of sp³-hybridized carbons (Fsp3) is 0.389. The zero-order chi connectivity index (χ0) is 17.8. The summed E-state index contributed by atoms with van der Waals surface area (Å²) in [7, 11) is 0. The second-order valence-corrected chi connectivity index (χ2v) is 7.24. The summed E-state index contributed by atoms with van der Waals surface area (Å²) >= 11 is 1.65. The molecule has 0 saturated carbocycles. The van der Waals surface area contributed by atoms with Crippen molar-refractivity contribution in [1.82, 2.24) is 24.5 Å². The van der Waals surface area contributed by atoms with E-state index in [1.54, 1.807) is 30.1 Å². The molecular formula is C18H20FN5OS. The fourth-order valence-corrected chi connectivity index (χ4v) is 3.90. The Morgan fingerprint density at radius 1 is 1.23 bits per heavy atom. The van der Waals surface area contributed by atoms with Crippen LogP contribution in [-0.4, -0.2) is 43.0 Å². The molecule has 0 aliphatic carbocycles. The van der Waals surface area contributed by atoms with Crippen molar-refractivity contribution in [2.75, 3.05) is 12.4 Å². The van der Waals surface area contributed by atoms with Gasteiger partial charge in [0.1, 0.15) is 5.82 Å². The Balaban J connectivity index is 1.54. The van der Waals surface area contributed by atoms with Gasteiger partial charge in [-0.3, -0.25) is 9.25 Å². The molecule has 0 N–H and O–H groups in total. The summed E-state index contributed by atoms with van der Waals surface area (Å²) in [6, 6.07) is 8.29. The van der Waals surface area contributed by atoms with E-state index in [4.69, 9.17) is 4.74 Å². The van der Waals surface area contributed by atoms with Crippen molar-refractivity contribution < 1.29 is 9.13 Å². The smallest absolute Gasteiger partial charge is 0.191 e. The largest absolute Gasteiger partial charge is 0.376 e. The molecule has 4 rings (SSSR count). The Morgan fingerprint density at radius 3 is 2.85 bits per heavy atom. The van der Waals surface area contributed by atoms with Gasteiger partial charge in [-0.1, -0.05) is 11.8 Å². The van der Waals surface area contributed by atoms with Crippen LogP contribution in [-0.2, 0) is 17.8 Å². The van der Waals surface area contributed by atoms with Crippen molar-refractivity contribution >= 4 is 11.8 Å². The summed E-state index contributed by atoms with van der Waals surface area (Å²) in [6.45, 7) is 2.32. The molecule has 1 fully saturated rings. The van der Waals surface area contributed by atoms with Gasteiger partial charge in [0.05, 0.1) is 19.2 Å². The summed E-state index contributed by atoms with van der Waals surface area (Å²) in [5.74, 6) is 1.34. The molecule has 136 valence electrons. The number of rotatable bonds is 7. The minimum atomic E-state index is -0.257. The average Bonchev–Trinajstić information content (AvgIpc) is 3.40. The van der Waals surface area contributed by atoms with E-state index in [0.29, 0.717) is 6.54 Å². The lowest BCUT2D eigenvalue weighted by Gasteiger charge is -2.14. The van der Waals surface area contributed by atoms with Crippen LogP contribution < -0.4 is 0 Å². The van der Waals surface area contributed by atoms with Gasteiger partial charge in [-0.2, -0.15) is 5.10 Å². The number of halogens is 1. The van der Waals surface area contributed by atoms with Crippen LogP contribution in [0.3, 0.4) is 0 Å². The maximum absolute atomic E-state index is 13.3. The van der Waals surface area contributed by atoms with Gasteiger partial charge in [0, 0.05) is 30.3 Å². The lowest BCUT2D eigenvalue weighted by atomic mass is 10.2. The first-order chi connectivity index (χ1) is 12.8. The van der Waals surface area contributed by atoms with Crippen LogP contribution in [0.2, 0.25) is 0 Å². The van der Waals surface area contributed by atoms with Crippen LogP contribution in [0.1, 0.15) is 12.8 Å². The molecule has 2 aromatic heterocycles. The second-order valence-electron chi connectivity index (χ2n) is 6.18. The number of benzene rings is 1. The Hall–Kier alpha value is -2.19. The van der Waals surface area contributed by atoms with E-state index in [1.165, 1.54) is 12.1 Å². The van der Waals surface area contributed by atoms with Gasteiger partial charge in [0.15, 0.2) is 11.0 Å². The van der Waals surface area contributed by atoms with Gasteiger partial charge >= 0.3 is 0 Å². The van der Waals surface area contributed by atoms with Crippen LogP contribution in [0.5, 0.6) is 0 Å². The maximum Gasteiger partial charge on any atom is 0.191 e. The molecule has 1 aliphatic rings. The van der Waals surface area contributed by atoms with E-state index < -0.39 is 0 Å². The molecule has 1 saturated heterocycles. The summed E-state index contributed by atoms with van der Waals surface area (Å²) in [5, 5.41) is 13.8. The predicted octanol–water partition coefficient (Wildman–Crippen LogP) is 3.25. The molecule has 8 heteroatoms. The van der Waals surface area contributed by atoms with Crippen molar-refractivity contribution in [3.8, 4) is 11.4 Å². The fourth-order valence-electron chi connectivity index (χ4n) is 3.03. The highest BCUT2D eigenvalue weighted by molar-refractivity contribution is 7.99. The number of ether oxygens (including phenoxy) is 1. The summed E-state index contributed by atoms with van der Waals surface area (Å²) in [5.41, 5.74) is 0.857. The first-order valence-corrected chi connectivity index (χ1v) is 9.69. The molecule has 0 unspecified atom stereocenters. The van der Waals surface area contributed by atoms with Gasteiger partial charge in [-0.05, 0) is 43.2 Å². The van der Waals surface area contributed by atoms with Crippen molar-refractivity contribution in [3.05, 3.63) is 48.5 Å². The van der Waals surface area contributed by atoms with E-state index in [2.05, 4.69) is 19.9 Å². The first kappa shape index (κ1) is 17.2. The Kier molecular flexibility index (Phi) is 5.31. The van der Waals surface area contributed by atoms with Crippen molar-refractivity contribution in [1.29, 1.82) is 0 Å². The molecule has 0 amide bonds. The third-order valence-corrected chi connectivity index (χ3v) is 5.29. The Labute approximate surface area is 155 Å². The zero-order valence-electron chi connectivity index (χ0n) is 14.3. The van der Waals surface area contributed by atoms with Gasteiger partial charge in [0.2, 0.25) is 0 Å². The lowest BCUT2D eigenvalue weighted by molar-refractivity contribution is 0.0953. The number of nitrogens with zero attached hydrogens (tertiary/aromatic N) is 5. The number of thioether (sulfide) groups is 1. The summed E-state index contributed by atoms with van der Waals surface area (Å²) < 4.78 is 23.0. The standard InChI is InChI=1S/C18H20FN5OS/c19-15-6-4-14(5-7-15)17-21-22-18(24(17)13-16-3-1-11-25-16)26-12-10-23-9-2-8-20-23/h2,4-9,16H,1,3,10-13H2/t16-/m1/s1. The second kappa shape index (κ2) is 8.01. The summed E-state index contributed by atoms with van der Waals surface area (Å²) in [4.78, 5) is 0. The minimum absolute atomic E-state index is 0.177. The van der Waals surface area contributed by atoms with E-state index in [-0.39, 0.29) is 11.9 Å². The highest BCUT2D eigenvalue weighted by atomic mass is 32.2. The molecule has 26 heavy (non-hydrogen) atoms. The number of hydrogen-bond acceptors (Lipinski definition) is 5. The molecule has 1 aliphatic heterocycles. The lowest BCUT2D eigenvalue weighted by Crippen LogP contribution is -2.17. The molecule has 1 aromatic carbocycles. The Bertz CT molecular complexity index is 828. The van der Waals surface area contributed by atoms with Gasteiger partial charge in [0.25, 0.3) is 0 Å². The topological polar surface area (TPSA) is 57.8 Å². The van der Waals surface area contributed by atoms with E-state index in [1.807, 2.05) is 16.9 Å². The van der Waals surface area contributed by atoms with Crippen LogP contribution in [0, 0.1) is 5.82 Å². The van der Waals surface area contributed by atoms with Crippen molar-refractivity contribution in [2.45, 2.75) is 37.2 Å². The van der Waals surface area contributed by atoms with Gasteiger partial charge in [-0.25, -0.2) is 4.39 Å². The summed E-state index contributed by atoms with van der Waals surface area (Å²) in [6.07, 6.45) is 6.02. The number of aromatic nitrogens is 5. The molecule has 3 aromatic rings. The normalized spacial score (nSPS) is 17.0. The molecule has 1 atom stereocenters. The monoisotopic (exact) mass is 373 g/mol. The van der Waals surface area contributed by atoms with E-state index >= 15 is 0 Å². The van der Waals surface area contributed by atoms with Crippen molar-refractivity contribution in [3.63, 3.8) is 0 Å². The molecular weight excluding hydrogens is 353 g/mol. The van der Waals surface area contributed by atoms with Crippen LogP contribution >= 0.6 is 11.8 Å². The molecule has 3 heterocycles. The third-order valence-electron chi connectivity index (χ3n) is 4.34. The predicted molar refractivity (Wildman–Crippen MR) is 97.3 cm³/mol. The quantitative estimate of drug-likeness (QED) is 0.595. The zero-order valence-corrected chi connectivity index (χ0v) is 15.1. The van der Waals surface area contributed by atoms with Gasteiger partial charge in [-0.15, -0.1) is 10.2 Å². The highest BCUT2D eigenvalue weighted by Gasteiger charge is 2.21. The van der Waals surface area contributed by atoms with Crippen molar-refractivity contribution in [2.24, 2.45) is 0 Å². The van der Waals surface area contributed by atoms with Crippen LogP contribution in [0.15, 0.2) is 47.9 Å². The van der Waals surface area contributed by atoms with Crippen LogP contribution in [0.4, 0.5) is 4.39 Å². The van der Waals surface area contributed by atoms with Crippen LogP contribution in [0.25, 0.3) is 11.4 Å². The maximum atomic E-state index is 13.3. The SMILES string of the molecule is Fc1ccc(-c2nnc(SCCn3cccn3)n2C[C@H]2CCCO2)cc1. The van der Waals surface area contributed by atoms with Gasteiger partial charge < -0.3 is 4.74 Å². The minimum Gasteiger partial charge on any atom is -0.376 e. The van der Waals surface area contributed by atoms with E-state index in [0.717, 1.165) is 48.3 Å². The number of hydrogen-bond donors (Lipinski definition) is 0. The average molecular weight is 373 g/mol. The third kappa shape index (κ3) is 3.96. The molecule has 0 radical (unpaired) electrons.